The Morgan fingerprint density at radius 1 is 1.52 bits per heavy atom. The van der Waals surface area contributed by atoms with Crippen molar-refractivity contribution in [3.8, 4) is 0 Å². The molecule has 1 saturated carbocycles. The third-order valence-corrected chi connectivity index (χ3v) is 4.66. The first-order chi connectivity index (χ1) is 10.9. The molecule has 10 heteroatoms. The highest BCUT2D eigenvalue weighted by molar-refractivity contribution is 7.32. The number of hydrogen-bond donors (Lipinski definition) is 3. The fourth-order valence-corrected chi connectivity index (χ4v) is 3.50. The van der Waals surface area contributed by atoms with E-state index in [1.165, 1.54) is 6.33 Å². The zero-order chi connectivity index (χ0) is 16.7. The smallest absolute Gasteiger partial charge is 0.393 e. The number of nitrogens with two attached hydrogens (primary N) is 1. The van der Waals surface area contributed by atoms with Gasteiger partial charge in [0.1, 0.15) is 18.5 Å². The summed E-state index contributed by atoms with van der Waals surface area (Å²) in [7, 11) is -2.68. The second-order valence-corrected chi connectivity index (χ2v) is 6.29. The summed E-state index contributed by atoms with van der Waals surface area (Å²) < 4.78 is 17.3. The van der Waals surface area contributed by atoms with Crippen molar-refractivity contribution in [1.29, 1.82) is 0 Å². The fourth-order valence-electron chi connectivity index (χ4n) is 3.22. The molecule has 122 valence electrons. The molecular weight excluding hydrogens is 321 g/mol. The van der Waals surface area contributed by atoms with Crippen LogP contribution in [0.5, 0.6) is 0 Å². The van der Waals surface area contributed by atoms with Crippen molar-refractivity contribution in [3.05, 3.63) is 24.8 Å². The van der Waals surface area contributed by atoms with Gasteiger partial charge in [-0.1, -0.05) is 6.58 Å². The SMILES string of the molecule is C=C1[C@@H](n2cnc3c(N)ncnc32)[C@H](C(C)O)[C@H]1CO[P+](=O)O. The van der Waals surface area contributed by atoms with Gasteiger partial charge in [0.25, 0.3) is 0 Å². The van der Waals surface area contributed by atoms with E-state index in [0.717, 1.165) is 5.57 Å². The number of aliphatic hydroxyl groups excluding tert-OH is 1. The Balaban J connectivity index is 1.93. The number of nitrogen functional groups attached to an aromatic ring is 1. The van der Waals surface area contributed by atoms with Crippen molar-refractivity contribution in [1.82, 2.24) is 19.5 Å². The molecule has 2 unspecified atom stereocenters. The molecule has 1 aliphatic rings. The van der Waals surface area contributed by atoms with Crippen LogP contribution >= 0.6 is 8.25 Å². The first kappa shape index (κ1) is 15.9. The number of hydrogen-bond acceptors (Lipinski definition) is 7. The van der Waals surface area contributed by atoms with Gasteiger partial charge >= 0.3 is 8.25 Å². The van der Waals surface area contributed by atoms with E-state index in [0.29, 0.717) is 11.2 Å². The molecule has 23 heavy (non-hydrogen) atoms. The molecule has 5 atom stereocenters. The highest BCUT2D eigenvalue weighted by atomic mass is 31.1. The topological polar surface area (TPSA) is 136 Å². The van der Waals surface area contributed by atoms with Crippen LogP contribution in [0.2, 0.25) is 0 Å². The van der Waals surface area contributed by atoms with Crippen LogP contribution in [0.4, 0.5) is 5.82 Å². The first-order valence-corrected chi connectivity index (χ1v) is 8.13. The van der Waals surface area contributed by atoms with Crippen molar-refractivity contribution >= 4 is 25.2 Å². The van der Waals surface area contributed by atoms with Gasteiger partial charge in [-0.15, -0.1) is 9.42 Å². The number of anilines is 1. The maximum absolute atomic E-state index is 10.7. The lowest BCUT2D eigenvalue weighted by Crippen LogP contribution is -2.48. The molecule has 0 amide bonds. The number of rotatable bonds is 5. The standard InChI is InChI=1S/C13H16N5O4P/c1-6-8(3-22-23(20)21)9(7(2)19)11(6)18-5-17-10-12(14)15-4-16-13(10)18/h4-5,7-9,11,19H,1,3H2,2H3,(H2-,14,15,16,20,21)/p+1/t7?,8-,9+,11+/m0/s1. The molecule has 3 rings (SSSR count). The maximum atomic E-state index is 10.7. The summed E-state index contributed by atoms with van der Waals surface area (Å²) in [5, 5.41) is 10.1. The Hall–Kier alpha value is -1.93. The highest BCUT2D eigenvalue weighted by Crippen LogP contribution is 2.51. The summed E-state index contributed by atoms with van der Waals surface area (Å²) in [6, 6.07) is -0.237. The van der Waals surface area contributed by atoms with E-state index in [9.17, 15) is 9.67 Å². The van der Waals surface area contributed by atoms with E-state index in [-0.39, 0.29) is 30.3 Å². The molecule has 0 saturated heterocycles. The Kier molecular flexibility index (Phi) is 4.11. The van der Waals surface area contributed by atoms with Crippen LogP contribution in [0.3, 0.4) is 0 Å². The van der Waals surface area contributed by atoms with E-state index in [1.54, 1.807) is 17.8 Å². The Labute approximate surface area is 132 Å². The van der Waals surface area contributed by atoms with Crippen LogP contribution in [0.1, 0.15) is 13.0 Å². The van der Waals surface area contributed by atoms with Crippen LogP contribution in [0, 0.1) is 11.8 Å². The zero-order valence-corrected chi connectivity index (χ0v) is 13.3. The lowest BCUT2D eigenvalue weighted by atomic mass is 9.63. The first-order valence-electron chi connectivity index (χ1n) is 7.00. The molecule has 1 fully saturated rings. The monoisotopic (exact) mass is 338 g/mol. The minimum Gasteiger partial charge on any atom is -0.393 e. The van der Waals surface area contributed by atoms with Gasteiger partial charge in [-0.2, -0.15) is 0 Å². The molecule has 2 aromatic rings. The van der Waals surface area contributed by atoms with Crippen molar-refractivity contribution in [2.24, 2.45) is 11.8 Å². The number of aliphatic hydroxyl groups is 1. The molecule has 4 N–H and O–H groups in total. The quantitative estimate of drug-likeness (QED) is 0.538. The van der Waals surface area contributed by atoms with Gasteiger partial charge in [0, 0.05) is 16.4 Å². The predicted molar refractivity (Wildman–Crippen MR) is 82.4 cm³/mol. The Morgan fingerprint density at radius 2 is 2.26 bits per heavy atom. The van der Waals surface area contributed by atoms with Crippen LogP contribution in [-0.4, -0.2) is 42.2 Å². The molecule has 9 nitrogen and oxygen atoms in total. The third kappa shape index (κ3) is 2.61. The lowest BCUT2D eigenvalue weighted by Gasteiger charge is -2.48. The number of nitrogens with zero attached hydrogens (tertiary/aromatic N) is 4. The van der Waals surface area contributed by atoms with Crippen LogP contribution < -0.4 is 5.73 Å². The fraction of sp³-hybridized carbons (Fsp3) is 0.462. The summed E-state index contributed by atoms with van der Waals surface area (Å²) in [4.78, 5) is 21.1. The minimum absolute atomic E-state index is 0.0281. The Morgan fingerprint density at radius 3 is 2.91 bits per heavy atom. The minimum atomic E-state index is -2.68. The van der Waals surface area contributed by atoms with E-state index in [2.05, 4.69) is 21.5 Å². The van der Waals surface area contributed by atoms with E-state index in [1.807, 2.05) is 0 Å². The molecule has 0 spiro atoms. The largest absolute Gasteiger partial charge is 0.694 e. The van der Waals surface area contributed by atoms with E-state index >= 15 is 0 Å². The number of imidazole rings is 1. The lowest BCUT2D eigenvalue weighted by molar-refractivity contribution is 0.00646. The van der Waals surface area contributed by atoms with Gasteiger partial charge in [-0.25, -0.2) is 15.0 Å². The summed E-state index contributed by atoms with van der Waals surface area (Å²) >= 11 is 0. The van der Waals surface area contributed by atoms with Crippen molar-refractivity contribution < 1.29 is 19.1 Å². The summed E-state index contributed by atoms with van der Waals surface area (Å²) in [5.41, 5.74) is 7.62. The molecule has 2 heterocycles. The van der Waals surface area contributed by atoms with Crippen LogP contribution in [-0.2, 0) is 9.09 Å². The predicted octanol–water partition coefficient (Wildman–Crippen LogP) is 0.799. The van der Waals surface area contributed by atoms with Gasteiger partial charge in [-0.3, -0.25) is 0 Å². The van der Waals surface area contributed by atoms with Gasteiger partial charge in [0.2, 0.25) is 0 Å². The zero-order valence-electron chi connectivity index (χ0n) is 12.4. The van der Waals surface area contributed by atoms with Crippen molar-refractivity contribution in [2.75, 3.05) is 12.3 Å². The average molecular weight is 338 g/mol. The van der Waals surface area contributed by atoms with Crippen molar-refractivity contribution in [3.63, 3.8) is 0 Å². The molecule has 0 aromatic carbocycles. The summed E-state index contributed by atoms with van der Waals surface area (Å²) in [6.07, 6.45) is 2.28. The van der Waals surface area contributed by atoms with Crippen LogP contribution in [0.15, 0.2) is 24.8 Å². The summed E-state index contributed by atoms with van der Waals surface area (Å²) in [5.74, 6) is -0.168. The van der Waals surface area contributed by atoms with Gasteiger partial charge in [0.15, 0.2) is 11.5 Å². The van der Waals surface area contributed by atoms with E-state index < -0.39 is 14.4 Å². The molecule has 1 aliphatic carbocycles. The number of fused-ring (bicyclic) bond motifs is 1. The Bertz CT molecular complexity index is 777. The van der Waals surface area contributed by atoms with Gasteiger partial charge < -0.3 is 15.4 Å². The van der Waals surface area contributed by atoms with Crippen LogP contribution in [0.25, 0.3) is 11.2 Å². The molecular formula is C13H17N5O4P+. The third-order valence-electron chi connectivity index (χ3n) is 4.29. The second-order valence-electron chi connectivity index (χ2n) is 5.56. The molecule has 0 aliphatic heterocycles. The van der Waals surface area contributed by atoms with Crippen molar-refractivity contribution in [2.45, 2.75) is 19.1 Å². The molecule has 0 bridgehead atoms. The second kappa shape index (κ2) is 5.93. The highest BCUT2D eigenvalue weighted by Gasteiger charge is 2.49. The normalized spacial score (nSPS) is 26.1. The summed E-state index contributed by atoms with van der Waals surface area (Å²) in [6.45, 7) is 5.72. The number of aromatic nitrogens is 4. The van der Waals surface area contributed by atoms with Gasteiger partial charge in [0.05, 0.1) is 18.5 Å². The molecule has 0 radical (unpaired) electrons. The van der Waals surface area contributed by atoms with Gasteiger partial charge in [-0.05, 0) is 12.5 Å². The van der Waals surface area contributed by atoms with E-state index in [4.69, 9.17) is 15.2 Å². The average Bonchev–Trinajstić information content (AvgIpc) is 2.89. The molecule has 2 aromatic heterocycles. The maximum Gasteiger partial charge on any atom is 0.694 e.